The summed E-state index contributed by atoms with van der Waals surface area (Å²) in [5.41, 5.74) is 5.39. The average Bonchev–Trinajstić information content (AvgIpc) is 3.23. The Morgan fingerprint density at radius 2 is 2.10 bits per heavy atom. The van der Waals surface area contributed by atoms with Crippen LogP contribution in [0.15, 0.2) is 0 Å². The Morgan fingerprint density at radius 1 is 1.43 bits per heavy atom. The Kier molecular flexibility index (Phi) is 3.48. The van der Waals surface area contributed by atoms with Crippen molar-refractivity contribution >= 4 is 11.8 Å². The Morgan fingerprint density at radius 3 is 2.57 bits per heavy atom. The summed E-state index contributed by atoms with van der Waals surface area (Å²) in [5, 5.41) is 16.0. The SMILES string of the molecule is CC1(C)C2[C@@H](C(=O)NC(CC3CC3)C(O)C(N)=O)NC[C@@H]21. The zero-order chi connectivity index (χ0) is 15.4. The van der Waals surface area contributed by atoms with Crippen molar-refractivity contribution < 1.29 is 14.7 Å². The number of rotatable bonds is 6. The molecule has 2 amide bonds. The number of aliphatic hydroxyl groups is 1. The van der Waals surface area contributed by atoms with Gasteiger partial charge in [-0.3, -0.25) is 9.59 Å². The predicted octanol–water partition coefficient (Wildman–Crippen LogP) is -0.638. The first-order valence-corrected chi connectivity index (χ1v) is 7.83. The van der Waals surface area contributed by atoms with Gasteiger partial charge in [0.15, 0.2) is 6.10 Å². The molecular formula is C15H25N3O3. The molecule has 0 aromatic carbocycles. The lowest BCUT2D eigenvalue weighted by atomic mass is 10.00. The van der Waals surface area contributed by atoms with Crippen molar-refractivity contribution in [3.05, 3.63) is 0 Å². The number of hydrogen-bond donors (Lipinski definition) is 4. The van der Waals surface area contributed by atoms with Gasteiger partial charge >= 0.3 is 0 Å². The minimum absolute atomic E-state index is 0.112. The number of carbonyl (C=O) groups excluding carboxylic acids is 2. The van der Waals surface area contributed by atoms with E-state index in [-0.39, 0.29) is 17.4 Å². The molecule has 0 aromatic rings. The summed E-state index contributed by atoms with van der Waals surface area (Å²) in [4.78, 5) is 23.7. The maximum atomic E-state index is 12.5. The van der Waals surface area contributed by atoms with Crippen molar-refractivity contribution in [3.63, 3.8) is 0 Å². The highest BCUT2D eigenvalue weighted by Crippen LogP contribution is 2.62. The molecule has 1 aliphatic heterocycles. The first-order chi connectivity index (χ1) is 9.82. The van der Waals surface area contributed by atoms with E-state index in [1.165, 1.54) is 0 Å². The van der Waals surface area contributed by atoms with E-state index in [1.54, 1.807) is 0 Å². The third kappa shape index (κ3) is 2.66. The van der Waals surface area contributed by atoms with Crippen LogP contribution in [0.3, 0.4) is 0 Å². The summed E-state index contributed by atoms with van der Waals surface area (Å²) in [6.45, 7) is 5.23. The van der Waals surface area contributed by atoms with Crippen LogP contribution in [0.25, 0.3) is 0 Å². The molecule has 3 aliphatic rings. The van der Waals surface area contributed by atoms with Gasteiger partial charge in [0, 0.05) is 0 Å². The van der Waals surface area contributed by atoms with Crippen LogP contribution in [-0.2, 0) is 9.59 Å². The molecule has 1 heterocycles. The Bertz CT molecular complexity index is 461. The van der Waals surface area contributed by atoms with Crippen molar-refractivity contribution in [2.75, 3.05) is 6.54 Å². The zero-order valence-corrected chi connectivity index (χ0v) is 12.6. The molecule has 3 rings (SSSR count). The largest absolute Gasteiger partial charge is 0.381 e. The van der Waals surface area contributed by atoms with Crippen molar-refractivity contribution in [2.24, 2.45) is 28.9 Å². The third-order valence-corrected chi connectivity index (χ3v) is 5.62. The molecule has 0 radical (unpaired) electrons. The normalized spacial score (nSPS) is 35.7. The summed E-state index contributed by atoms with van der Waals surface area (Å²) in [6, 6.07) is -0.781. The lowest BCUT2D eigenvalue weighted by Gasteiger charge is -2.25. The van der Waals surface area contributed by atoms with Crippen LogP contribution in [0.1, 0.15) is 33.1 Å². The van der Waals surface area contributed by atoms with Crippen LogP contribution >= 0.6 is 0 Å². The van der Waals surface area contributed by atoms with Crippen molar-refractivity contribution in [1.29, 1.82) is 0 Å². The van der Waals surface area contributed by atoms with Crippen LogP contribution in [0.2, 0.25) is 0 Å². The molecular weight excluding hydrogens is 270 g/mol. The fraction of sp³-hybridized carbons (Fsp3) is 0.867. The van der Waals surface area contributed by atoms with Gasteiger partial charge in [-0.05, 0) is 36.1 Å². The van der Waals surface area contributed by atoms with Crippen LogP contribution in [0, 0.1) is 23.2 Å². The van der Waals surface area contributed by atoms with Crippen molar-refractivity contribution in [2.45, 2.75) is 51.3 Å². The van der Waals surface area contributed by atoms with Gasteiger partial charge in [0.2, 0.25) is 11.8 Å². The molecule has 21 heavy (non-hydrogen) atoms. The Labute approximate surface area is 124 Å². The Balaban J connectivity index is 1.62. The number of nitrogens with one attached hydrogen (secondary N) is 2. The Hall–Kier alpha value is -1.14. The standard InChI is InChI=1S/C15H25N3O3/c1-15(2)8-6-17-11(10(8)15)14(21)18-9(5-7-3-4-7)12(19)13(16)20/h7-12,17,19H,3-6H2,1-2H3,(H2,16,20)(H,18,21)/t8-,9?,10?,11-,12?/m0/s1. The second kappa shape index (κ2) is 4.95. The molecule has 2 saturated carbocycles. The molecule has 3 unspecified atom stereocenters. The number of piperidine rings is 1. The number of nitrogens with two attached hydrogens (primary N) is 1. The fourth-order valence-electron chi connectivity index (χ4n) is 3.93. The van der Waals surface area contributed by atoms with E-state index in [0.717, 1.165) is 19.4 Å². The van der Waals surface area contributed by atoms with Gasteiger partial charge in [0.25, 0.3) is 0 Å². The molecule has 3 fully saturated rings. The van der Waals surface area contributed by atoms with Crippen molar-refractivity contribution in [1.82, 2.24) is 10.6 Å². The van der Waals surface area contributed by atoms with Gasteiger partial charge in [0.1, 0.15) is 0 Å². The predicted molar refractivity (Wildman–Crippen MR) is 77.0 cm³/mol. The summed E-state index contributed by atoms with van der Waals surface area (Å²) < 4.78 is 0. The van der Waals surface area contributed by atoms with Crippen LogP contribution in [0.5, 0.6) is 0 Å². The second-order valence-electron chi connectivity index (χ2n) is 7.48. The molecule has 1 saturated heterocycles. The van der Waals surface area contributed by atoms with Gasteiger partial charge in [-0.25, -0.2) is 0 Å². The number of carbonyl (C=O) groups is 2. The maximum Gasteiger partial charge on any atom is 0.248 e. The first-order valence-electron chi connectivity index (χ1n) is 7.83. The van der Waals surface area contributed by atoms with Gasteiger partial charge in [0.05, 0.1) is 12.1 Å². The molecule has 6 nitrogen and oxygen atoms in total. The van der Waals surface area contributed by atoms with E-state index < -0.39 is 18.1 Å². The van der Waals surface area contributed by atoms with Crippen LogP contribution in [0.4, 0.5) is 0 Å². The molecule has 0 spiro atoms. The van der Waals surface area contributed by atoms with E-state index >= 15 is 0 Å². The van der Waals surface area contributed by atoms with Crippen LogP contribution < -0.4 is 16.4 Å². The minimum Gasteiger partial charge on any atom is -0.381 e. The van der Waals surface area contributed by atoms with E-state index in [9.17, 15) is 14.7 Å². The number of hydrogen-bond acceptors (Lipinski definition) is 4. The molecule has 0 aromatic heterocycles. The summed E-state index contributed by atoms with van der Waals surface area (Å²) in [7, 11) is 0. The summed E-state index contributed by atoms with van der Waals surface area (Å²) >= 11 is 0. The highest BCUT2D eigenvalue weighted by molar-refractivity contribution is 5.85. The van der Waals surface area contributed by atoms with Crippen molar-refractivity contribution in [3.8, 4) is 0 Å². The fourth-order valence-corrected chi connectivity index (χ4v) is 3.93. The van der Waals surface area contributed by atoms with E-state index in [4.69, 9.17) is 5.73 Å². The van der Waals surface area contributed by atoms with Crippen LogP contribution in [-0.4, -0.2) is 41.7 Å². The van der Waals surface area contributed by atoms with Gasteiger partial charge in [-0.15, -0.1) is 0 Å². The molecule has 5 N–H and O–H groups in total. The number of aliphatic hydroxyl groups excluding tert-OH is 1. The smallest absolute Gasteiger partial charge is 0.248 e. The average molecular weight is 295 g/mol. The second-order valence-corrected chi connectivity index (χ2v) is 7.48. The van der Waals surface area contributed by atoms with E-state index in [1.807, 2.05) is 0 Å². The summed E-state index contributed by atoms with van der Waals surface area (Å²) in [5.74, 6) is 0.510. The number of amides is 2. The number of primary amides is 1. The van der Waals surface area contributed by atoms with Gasteiger partial charge < -0.3 is 21.5 Å². The minimum atomic E-state index is -1.31. The highest BCUT2D eigenvalue weighted by atomic mass is 16.3. The molecule has 118 valence electrons. The lowest BCUT2D eigenvalue weighted by molar-refractivity contribution is -0.130. The summed E-state index contributed by atoms with van der Waals surface area (Å²) in [6.07, 6.45) is 1.51. The topological polar surface area (TPSA) is 104 Å². The highest BCUT2D eigenvalue weighted by Gasteiger charge is 2.65. The molecule has 2 aliphatic carbocycles. The molecule has 0 bridgehead atoms. The van der Waals surface area contributed by atoms with Gasteiger partial charge in [-0.2, -0.15) is 0 Å². The molecule has 6 heteroatoms. The third-order valence-electron chi connectivity index (χ3n) is 5.62. The maximum absolute atomic E-state index is 12.5. The molecule has 5 atom stereocenters. The monoisotopic (exact) mass is 295 g/mol. The zero-order valence-electron chi connectivity index (χ0n) is 12.6. The van der Waals surface area contributed by atoms with Gasteiger partial charge in [-0.1, -0.05) is 26.7 Å². The first kappa shape index (κ1) is 14.8. The quantitative estimate of drug-likeness (QED) is 0.523. The van der Waals surface area contributed by atoms with E-state index in [0.29, 0.717) is 24.2 Å². The number of fused-ring (bicyclic) bond motifs is 1. The lowest BCUT2D eigenvalue weighted by Crippen LogP contribution is -2.54. The van der Waals surface area contributed by atoms with E-state index in [2.05, 4.69) is 24.5 Å².